The molecule has 0 bridgehead atoms. The Labute approximate surface area is 73.1 Å². The summed E-state index contributed by atoms with van der Waals surface area (Å²) in [4.78, 5) is 0. The molecular weight excluding hydrogens is 150 g/mol. The van der Waals surface area contributed by atoms with Crippen molar-refractivity contribution < 1.29 is 5.11 Å². The van der Waals surface area contributed by atoms with Gasteiger partial charge in [-0.1, -0.05) is 19.9 Å². The van der Waals surface area contributed by atoms with Gasteiger partial charge < -0.3 is 5.11 Å². The predicted molar refractivity (Wildman–Crippen MR) is 48.9 cm³/mol. The van der Waals surface area contributed by atoms with E-state index in [-0.39, 0.29) is 5.75 Å². The van der Waals surface area contributed by atoms with E-state index in [1.54, 1.807) is 25.1 Å². The Hall–Kier alpha value is -1.49. The second kappa shape index (κ2) is 5.20. The highest BCUT2D eigenvalue weighted by Crippen LogP contribution is 2.17. The van der Waals surface area contributed by atoms with E-state index in [4.69, 9.17) is 10.4 Å². The van der Waals surface area contributed by atoms with Crippen LogP contribution < -0.4 is 0 Å². The molecule has 64 valence electrons. The van der Waals surface area contributed by atoms with Crippen molar-refractivity contribution in [2.45, 2.75) is 20.8 Å². The molecule has 0 radical (unpaired) electrons. The number of nitriles is 1. The Morgan fingerprint density at radius 2 is 1.92 bits per heavy atom. The van der Waals surface area contributed by atoms with E-state index >= 15 is 0 Å². The molecule has 0 heterocycles. The summed E-state index contributed by atoms with van der Waals surface area (Å²) in [6, 6.07) is 6.87. The maximum atomic E-state index is 9.08. The number of hydrogen-bond donors (Lipinski definition) is 1. The number of phenolic OH excluding ortho intramolecular Hbond substituents is 1. The topological polar surface area (TPSA) is 44.0 Å². The van der Waals surface area contributed by atoms with Crippen molar-refractivity contribution in [1.82, 2.24) is 0 Å². The second-order valence-corrected chi connectivity index (χ2v) is 2.06. The van der Waals surface area contributed by atoms with Crippen molar-refractivity contribution in [2.75, 3.05) is 0 Å². The van der Waals surface area contributed by atoms with Crippen LogP contribution in [0.3, 0.4) is 0 Å². The van der Waals surface area contributed by atoms with E-state index in [9.17, 15) is 0 Å². The summed E-state index contributed by atoms with van der Waals surface area (Å²) < 4.78 is 0. The molecule has 0 spiro atoms. The third-order valence-electron chi connectivity index (χ3n) is 1.43. The molecule has 1 rings (SSSR count). The van der Waals surface area contributed by atoms with Gasteiger partial charge in [0.25, 0.3) is 0 Å². The average molecular weight is 163 g/mol. The number of nitrogens with zero attached hydrogens (tertiary/aromatic N) is 1. The summed E-state index contributed by atoms with van der Waals surface area (Å²) in [5, 5.41) is 17.6. The highest BCUT2D eigenvalue weighted by Gasteiger charge is 1.98. The summed E-state index contributed by atoms with van der Waals surface area (Å²) in [6.07, 6.45) is 0. The Bertz CT molecular complexity index is 286. The third-order valence-corrected chi connectivity index (χ3v) is 1.43. The molecule has 0 aromatic heterocycles. The van der Waals surface area contributed by atoms with E-state index in [0.29, 0.717) is 11.1 Å². The molecule has 1 aromatic carbocycles. The molecule has 0 fully saturated rings. The van der Waals surface area contributed by atoms with Gasteiger partial charge in [-0.3, -0.25) is 0 Å². The van der Waals surface area contributed by atoms with Crippen LogP contribution in [0.4, 0.5) is 0 Å². The van der Waals surface area contributed by atoms with Gasteiger partial charge >= 0.3 is 0 Å². The molecule has 0 saturated carbocycles. The number of benzene rings is 1. The van der Waals surface area contributed by atoms with Gasteiger partial charge in [0.05, 0.1) is 11.6 Å². The van der Waals surface area contributed by atoms with Gasteiger partial charge in [0.15, 0.2) is 0 Å². The van der Waals surface area contributed by atoms with Crippen molar-refractivity contribution in [1.29, 1.82) is 5.26 Å². The molecule has 0 saturated heterocycles. The first-order chi connectivity index (χ1) is 5.75. The minimum Gasteiger partial charge on any atom is -0.508 e. The zero-order valence-electron chi connectivity index (χ0n) is 7.63. The third kappa shape index (κ3) is 2.28. The Kier molecular flexibility index (Phi) is 4.55. The van der Waals surface area contributed by atoms with E-state index in [1.165, 1.54) is 0 Å². The summed E-state index contributed by atoms with van der Waals surface area (Å²) in [5.41, 5.74) is 1.17. The maximum absolute atomic E-state index is 9.08. The first kappa shape index (κ1) is 10.5. The minimum absolute atomic E-state index is 0.180. The summed E-state index contributed by atoms with van der Waals surface area (Å²) in [7, 11) is 0. The fourth-order valence-electron chi connectivity index (χ4n) is 0.745. The molecule has 2 heteroatoms. The molecule has 0 amide bonds. The quantitative estimate of drug-likeness (QED) is 0.638. The number of phenols is 1. The number of aromatic hydroxyl groups is 1. The van der Waals surface area contributed by atoms with Crippen LogP contribution in [0.2, 0.25) is 0 Å². The molecule has 1 N–H and O–H groups in total. The molecule has 0 unspecified atom stereocenters. The van der Waals surface area contributed by atoms with Crippen LogP contribution in [0, 0.1) is 18.3 Å². The van der Waals surface area contributed by atoms with Crippen LogP contribution in [0.25, 0.3) is 0 Å². The summed E-state index contributed by atoms with van der Waals surface area (Å²) in [5.74, 6) is 0.180. The van der Waals surface area contributed by atoms with E-state index in [2.05, 4.69) is 0 Å². The molecule has 0 aliphatic heterocycles. The van der Waals surface area contributed by atoms with Crippen LogP contribution >= 0.6 is 0 Å². The van der Waals surface area contributed by atoms with E-state index in [1.807, 2.05) is 19.9 Å². The molecule has 0 aliphatic carbocycles. The lowest BCUT2D eigenvalue weighted by atomic mass is 10.1. The van der Waals surface area contributed by atoms with Crippen molar-refractivity contribution in [2.24, 2.45) is 0 Å². The highest BCUT2D eigenvalue weighted by atomic mass is 16.3. The van der Waals surface area contributed by atoms with Gasteiger partial charge in [-0.15, -0.1) is 0 Å². The summed E-state index contributed by atoms with van der Waals surface area (Å²) in [6.45, 7) is 5.72. The van der Waals surface area contributed by atoms with Crippen molar-refractivity contribution in [3.63, 3.8) is 0 Å². The van der Waals surface area contributed by atoms with E-state index < -0.39 is 0 Å². The van der Waals surface area contributed by atoms with Gasteiger partial charge in [-0.25, -0.2) is 0 Å². The molecule has 0 atom stereocenters. The zero-order chi connectivity index (χ0) is 9.56. The van der Waals surface area contributed by atoms with Gasteiger partial charge in [-0.05, 0) is 19.1 Å². The first-order valence-electron chi connectivity index (χ1n) is 3.94. The SMILES string of the molecule is CC.Cc1c(O)cccc1C#N. The normalized spacial score (nSPS) is 7.83. The standard InChI is InChI=1S/C8H7NO.C2H6/c1-6-7(5-9)3-2-4-8(6)10;1-2/h2-4,10H,1H3;1-2H3. The van der Waals surface area contributed by atoms with Crippen LogP contribution in [-0.4, -0.2) is 5.11 Å². The van der Waals surface area contributed by atoms with Crippen LogP contribution in [-0.2, 0) is 0 Å². The number of rotatable bonds is 0. The van der Waals surface area contributed by atoms with Crippen molar-refractivity contribution in [3.8, 4) is 11.8 Å². The van der Waals surface area contributed by atoms with Gasteiger partial charge in [-0.2, -0.15) is 5.26 Å². The predicted octanol–water partition coefficient (Wildman–Crippen LogP) is 2.60. The lowest BCUT2D eigenvalue weighted by Gasteiger charge is -1.97. The monoisotopic (exact) mass is 163 g/mol. The van der Waals surface area contributed by atoms with Crippen molar-refractivity contribution in [3.05, 3.63) is 29.3 Å². The minimum atomic E-state index is 0.180. The van der Waals surface area contributed by atoms with Crippen LogP contribution in [0.1, 0.15) is 25.0 Å². The highest BCUT2D eigenvalue weighted by molar-refractivity contribution is 5.44. The molecule has 0 aliphatic rings. The second-order valence-electron chi connectivity index (χ2n) is 2.06. The fourth-order valence-corrected chi connectivity index (χ4v) is 0.745. The fraction of sp³-hybridized carbons (Fsp3) is 0.300. The first-order valence-corrected chi connectivity index (χ1v) is 3.94. The Morgan fingerprint density at radius 1 is 1.33 bits per heavy atom. The smallest absolute Gasteiger partial charge is 0.119 e. The molecular formula is C10H13NO. The zero-order valence-corrected chi connectivity index (χ0v) is 7.63. The van der Waals surface area contributed by atoms with Gasteiger partial charge in [0.2, 0.25) is 0 Å². The number of hydrogen-bond acceptors (Lipinski definition) is 2. The lowest BCUT2D eigenvalue weighted by molar-refractivity contribution is 0.471. The largest absolute Gasteiger partial charge is 0.508 e. The molecule has 1 aromatic rings. The lowest BCUT2D eigenvalue weighted by Crippen LogP contribution is -1.80. The Morgan fingerprint density at radius 3 is 2.33 bits per heavy atom. The summed E-state index contributed by atoms with van der Waals surface area (Å²) >= 11 is 0. The average Bonchev–Trinajstić information content (AvgIpc) is 2.13. The molecule has 2 nitrogen and oxygen atoms in total. The maximum Gasteiger partial charge on any atom is 0.119 e. The van der Waals surface area contributed by atoms with Gasteiger partial charge in [0, 0.05) is 5.56 Å². The van der Waals surface area contributed by atoms with Crippen molar-refractivity contribution >= 4 is 0 Å². The molecule has 12 heavy (non-hydrogen) atoms. The van der Waals surface area contributed by atoms with Crippen LogP contribution in [0.15, 0.2) is 18.2 Å². The Balaban J connectivity index is 0.000000561. The van der Waals surface area contributed by atoms with Gasteiger partial charge in [0.1, 0.15) is 5.75 Å². The van der Waals surface area contributed by atoms with E-state index in [0.717, 1.165) is 0 Å². The van der Waals surface area contributed by atoms with Crippen LogP contribution in [0.5, 0.6) is 5.75 Å².